The van der Waals surface area contributed by atoms with Gasteiger partial charge in [0, 0.05) is 25.7 Å². The highest BCUT2D eigenvalue weighted by molar-refractivity contribution is 5.11. The van der Waals surface area contributed by atoms with Crippen LogP contribution in [-0.2, 0) is 13.1 Å². The minimum absolute atomic E-state index is 0.557. The van der Waals surface area contributed by atoms with Crippen LogP contribution in [0.1, 0.15) is 46.0 Å². The molecule has 0 saturated heterocycles. The van der Waals surface area contributed by atoms with Gasteiger partial charge in [0.05, 0.1) is 11.4 Å². The van der Waals surface area contributed by atoms with Gasteiger partial charge in [0.25, 0.3) is 0 Å². The Morgan fingerprint density at radius 1 is 1.16 bits per heavy atom. The summed E-state index contributed by atoms with van der Waals surface area (Å²) in [6.07, 6.45) is 0. The summed E-state index contributed by atoms with van der Waals surface area (Å²) < 4.78 is 0. The van der Waals surface area contributed by atoms with E-state index in [9.17, 15) is 0 Å². The SMILES string of the molecule is CCNCc1cccc(CN(CC(C)C)C(C)C)n1. The molecule has 0 aliphatic heterocycles. The maximum Gasteiger partial charge on any atom is 0.0547 e. The third-order valence-electron chi connectivity index (χ3n) is 3.12. The highest BCUT2D eigenvalue weighted by Gasteiger charge is 2.12. The van der Waals surface area contributed by atoms with Crippen LogP contribution < -0.4 is 5.32 Å². The molecule has 0 bridgehead atoms. The lowest BCUT2D eigenvalue weighted by Gasteiger charge is -2.28. The summed E-state index contributed by atoms with van der Waals surface area (Å²) >= 11 is 0. The smallest absolute Gasteiger partial charge is 0.0547 e. The van der Waals surface area contributed by atoms with Crippen molar-refractivity contribution in [2.75, 3.05) is 13.1 Å². The number of hydrogen-bond acceptors (Lipinski definition) is 3. The number of nitrogens with one attached hydrogen (secondary N) is 1. The van der Waals surface area contributed by atoms with Gasteiger partial charge in [0.15, 0.2) is 0 Å². The first-order valence-electron chi connectivity index (χ1n) is 7.42. The Morgan fingerprint density at radius 2 is 1.84 bits per heavy atom. The summed E-state index contributed by atoms with van der Waals surface area (Å²) in [7, 11) is 0. The van der Waals surface area contributed by atoms with Gasteiger partial charge < -0.3 is 5.32 Å². The maximum absolute atomic E-state index is 4.74. The molecule has 1 aromatic rings. The lowest BCUT2D eigenvalue weighted by Crippen LogP contribution is -2.34. The van der Waals surface area contributed by atoms with Crippen molar-refractivity contribution in [3.63, 3.8) is 0 Å². The van der Waals surface area contributed by atoms with Crippen molar-refractivity contribution in [2.45, 2.75) is 53.8 Å². The average Bonchev–Trinajstić information content (AvgIpc) is 2.35. The van der Waals surface area contributed by atoms with E-state index in [2.05, 4.69) is 63.0 Å². The Labute approximate surface area is 118 Å². The second-order valence-corrected chi connectivity index (χ2v) is 5.82. The van der Waals surface area contributed by atoms with Crippen LogP contribution in [0.3, 0.4) is 0 Å². The first kappa shape index (κ1) is 16.1. The van der Waals surface area contributed by atoms with Crippen molar-refractivity contribution < 1.29 is 0 Å². The van der Waals surface area contributed by atoms with Crippen LogP contribution in [0.4, 0.5) is 0 Å². The Bertz CT molecular complexity index is 361. The van der Waals surface area contributed by atoms with E-state index in [1.807, 2.05) is 0 Å². The molecule has 1 aromatic heterocycles. The molecule has 0 aliphatic rings. The van der Waals surface area contributed by atoms with Gasteiger partial charge in [-0.2, -0.15) is 0 Å². The topological polar surface area (TPSA) is 28.2 Å². The molecule has 108 valence electrons. The van der Waals surface area contributed by atoms with Gasteiger partial charge in [-0.3, -0.25) is 9.88 Å². The molecule has 0 aromatic carbocycles. The zero-order chi connectivity index (χ0) is 14.3. The fourth-order valence-corrected chi connectivity index (χ4v) is 2.10. The number of rotatable bonds is 8. The standard InChI is InChI=1S/C16H29N3/c1-6-17-10-15-8-7-9-16(18-15)12-19(14(4)5)11-13(2)3/h7-9,13-14,17H,6,10-12H2,1-5H3. The molecule has 0 unspecified atom stereocenters. The van der Waals surface area contributed by atoms with Crippen LogP contribution in [0.2, 0.25) is 0 Å². The van der Waals surface area contributed by atoms with Crippen LogP contribution in [0, 0.1) is 5.92 Å². The Balaban J connectivity index is 2.67. The van der Waals surface area contributed by atoms with E-state index in [0.29, 0.717) is 12.0 Å². The van der Waals surface area contributed by atoms with Crippen molar-refractivity contribution in [3.05, 3.63) is 29.6 Å². The second kappa shape index (κ2) is 8.28. The summed E-state index contributed by atoms with van der Waals surface area (Å²) in [4.78, 5) is 7.23. The van der Waals surface area contributed by atoms with Crippen LogP contribution >= 0.6 is 0 Å². The predicted octanol–water partition coefficient (Wildman–Crippen LogP) is 3.06. The maximum atomic E-state index is 4.74. The van der Waals surface area contributed by atoms with Gasteiger partial charge >= 0.3 is 0 Å². The molecule has 1 heterocycles. The summed E-state index contributed by atoms with van der Waals surface area (Å²) in [5.74, 6) is 0.687. The van der Waals surface area contributed by atoms with Crippen LogP contribution in [0.25, 0.3) is 0 Å². The molecule has 1 rings (SSSR count). The summed E-state index contributed by atoms with van der Waals surface area (Å²) in [6.45, 7) is 15.1. The van der Waals surface area contributed by atoms with E-state index < -0.39 is 0 Å². The number of hydrogen-bond donors (Lipinski definition) is 1. The van der Waals surface area contributed by atoms with Crippen LogP contribution in [0.15, 0.2) is 18.2 Å². The third kappa shape index (κ3) is 6.17. The monoisotopic (exact) mass is 263 g/mol. The molecule has 0 aliphatic carbocycles. The van der Waals surface area contributed by atoms with E-state index in [0.717, 1.165) is 31.9 Å². The molecular formula is C16H29N3. The molecule has 1 N–H and O–H groups in total. The second-order valence-electron chi connectivity index (χ2n) is 5.82. The van der Waals surface area contributed by atoms with E-state index in [4.69, 9.17) is 4.98 Å². The van der Waals surface area contributed by atoms with Crippen molar-refractivity contribution in [3.8, 4) is 0 Å². The van der Waals surface area contributed by atoms with Gasteiger partial charge in [0.1, 0.15) is 0 Å². The fraction of sp³-hybridized carbons (Fsp3) is 0.688. The van der Waals surface area contributed by atoms with E-state index in [1.54, 1.807) is 0 Å². The van der Waals surface area contributed by atoms with Crippen molar-refractivity contribution in [1.29, 1.82) is 0 Å². The minimum atomic E-state index is 0.557. The normalized spacial score (nSPS) is 11.8. The molecule has 0 amide bonds. The van der Waals surface area contributed by atoms with Crippen molar-refractivity contribution in [2.24, 2.45) is 5.92 Å². The summed E-state index contributed by atoms with van der Waals surface area (Å²) in [6, 6.07) is 6.89. The zero-order valence-electron chi connectivity index (χ0n) is 13.1. The largest absolute Gasteiger partial charge is 0.311 e. The highest BCUT2D eigenvalue weighted by atomic mass is 15.2. The molecule has 0 atom stereocenters. The Hall–Kier alpha value is -0.930. The lowest BCUT2D eigenvalue weighted by molar-refractivity contribution is 0.187. The van der Waals surface area contributed by atoms with Crippen LogP contribution in [0.5, 0.6) is 0 Å². The third-order valence-corrected chi connectivity index (χ3v) is 3.12. The number of aromatic nitrogens is 1. The predicted molar refractivity (Wildman–Crippen MR) is 82.0 cm³/mol. The van der Waals surface area contributed by atoms with Crippen molar-refractivity contribution in [1.82, 2.24) is 15.2 Å². The van der Waals surface area contributed by atoms with Gasteiger partial charge in [-0.15, -0.1) is 0 Å². The van der Waals surface area contributed by atoms with Gasteiger partial charge in [0.2, 0.25) is 0 Å². The molecule has 3 heteroatoms. The first-order valence-corrected chi connectivity index (χ1v) is 7.42. The molecule has 19 heavy (non-hydrogen) atoms. The molecule has 0 radical (unpaired) electrons. The fourth-order valence-electron chi connectivity index (χ4n) is 2.10. The van der Waals surface area contributed by atoms with E-state index in [-0.39, 0.29) is 0 Å². The molecule has 0 spiro atoms. The minimum Gasteiger partial charge on any atom is -0.311 e. The molecule has 0 saturated carbocycles. The summed E-state index contributed by atoms with van der Waals surface area (Å²) in [5.41, 5.74) is 2.30. The zero-order valence-corrected chi connectivity index (χ0v) is 13.1. The van der Waals surface area contributed by atoms with Gasteiger partial charge in [-0.25, -0.2) is 0 Å². The lowest BCUT2D eigenvalue weighted by atomic mass is 10.1. The Morgan fingerprint density at radius 3 is 2.42 bits per heavy atom. The van der Waals surface area contributed by atoms with Crippen molar-refractivity contribution >= 4 is 0 Å². The number of pyridine rings is 1. The molecule has 0 fully saturated rings. The molecular weight excluding hydrogens is 234 g/mol. The van der Waals surface area contributed by atoms with Crippen LogP contribution in [-0.4, -0.2) is 29.0 Å². The first-order chi connectivity index (χ1) is 9.02. The summed E-state index contributed by atoms with van der Waals surface area (Å²) in [5, 5.41) is 3.32. The van der Waals surface area contributed by atoms with Gasteiger partial charge in [-0.05, 0) is 38.4 Å². The Kier molecular flexibility index (Phi) is 7.03. The quantitative estimate of drug-likeness (QED) is 0.781. The average molecular weight is 263 g/mol. The van der Waals surface area contributed by atoms with E-state index in [1.165, 1.54) is 5.69 Å². The number of nitrogens with zero attached hydrogens (tertiary/aromatic N) is 2. The highest BCUT2D eigenvalue weighted by Crippen LogP contribution is 2.10. The van der Waals surface area contributed by atoms with Gasteiger partial charge in [-0.1, -0.05) is 26.8 Å². The molecule has 3 nitrogen and oxygen atoms in total. The van der Waals surface area contributed by atoms with E-state index >= 15 is 0 Å².